The Kier molecular flexibility index (Phi) is 4.62. The Labute approximate surface area is 80.3 Å². The summed E-state index contributed by atoms with van der Waals surface area (Å²) in [5.74, 6) is -3.03. The number of carbonyl (C=O) groups excluding carboxylic acids is 2. The highest BCUT2D eigenvalue weighted by Gasteiger charge is 1.97. The maximum atomic E-state index is 10.2. The van der Waals surface area contributed by atoms with Gasteiger partial charge in [0.1, 0.15) is 0 Å². The number of carboxylic acid groups (broad SMARTS) is 2. The molecule has 0 saturated heterocycles. The van der Waals surface area contributed by atoms with Crippen LogP contribution in [0.15, 0.2) is 31.4 Å². The molecule has 1 aromatic heterocycles. The SMILES string of the molecule is C=C.O=C([O-])c1cccc(C(=O)[O-])n1. The van der Waals surface area contributed by atoms with Gasteiger partial charge in [0.2, 0.25) is 0 Å². The first kappa shape index (κ1) is 11.8. The molecule has 5 heteroatoms. The van der Waals surface area contributed by atoms with E-state index in [0.717, 1.165) is 12.1 Å². The molecule has 0 aromatic carbocycles. The molecule has 0 unspecified atom stereocenters. The second kappa shape index (κ2) is 5.47. The Morgan fingerprint density at radius 3 is 1.71 bits per heavy atom. The van der Waals surface area contributed by atoms with Crippen molar-refractivity contribution in [2.24, 2.45) is 0 Å². The van der Waals surface area contributed by atoms with Crippen LogP contribution in [0.3, 0.4) is 0 Å². The Morgan fingerprint density at radius 1 is 1.07 bits per heavy atom. The number of nitrogens with zero attached hydrogens (tertiary/aromatic N) is 1. The molecule has 74 valence electrons. The molecule has 0 spiro atoms. The molecule has 1 rings (SSSR count). The molecular weight excluding hydrogens is 186 g/mol. The summed E-state index contributed by atoms with van der Waals surface area (Å²) in [6.07, 6.45) is 0. The second-order valence-electron chi connectivity index (χ2n) is 1.98. The number of rotatable bonds is 2. The minimum absolute atomic E-state index is 0.420. The fourth-order valence-electron chi connectivity index (χ4n) is 0.662. The van der Waals surface area contributed by atoms with Crippen LogP contribution < -0.4 is 10.2 Å². The van der Waals surface area contributed by atoms with E-state index in [2.05, 4.69) is 18.1 Å². The van der Waals surface area contributed by atoms with Gasteiger partial charge in [-0.3, -0.25) is 0 Å². The van der Waals surface area contributed by atoms with Crippen molar-refractivity contribution in [1.29, 1.82) is 0 Å². The Morgan fingerprint density at radius 2 is 1.43 bits per heavy atom. The summed E-state index contributed by atoms with van der Waals surface area (Å²) in [5, 5.41) is 20.4. The van der Waals surface area contributed by atoms with Crippen LogP contribution in [0.2, 0.25) is 0 Å². The van der Waals surface area contributed by atoms with E-state index in [9.17, 15) is 19.8 Å². The van der Waals surface area contributed by atoms with Crippen molar-refractivity contribution in [3.63, 3.8) is 0 Å². The zero-order valence-corrected chi connectivity index (χ0v) is 7.23. The van der Waals surface area contributed by atoms with Gasteiger partial charge in [-0.25, -0.2) is 4.98 Å². The van der Waals surface area contributed by atoms with Gasteiger partial charge in [-0.15, -0.1) is 13.2 Å². The van der Waals surface area contributed by atoms with Crippen molar-refractivity contribution in [2.75, 3.05) is 0 Å². The highest BCUT2D eigenvalue weighted by atomic mass is 16.4. The second-order valence-corrected chi connectivity index (χ2v) is 1.98. The molecule has 0 saturated carbocycles. The molecule has 0 bridgehead atoms. The number of aromatic nitrogens is 1. The number of pyridine rings is 1. The average molecular weight is 193 g/mol. The van der Waals surface area contributed by atoms with Gasteiger partial charge in [0.05, 0.1) is 23.3 Å². The van der Waals surface area contributed by atoms with Crippen LogP contribution in [-0.2, 0) is 0 Å². The molecule has 1 heterocycles. The van der Waals surface area contributed by atoms with Gasteiger partial charge in [0.25, 0.3) is 0 Å². The molecule has 5 nitrogen and oxygen atoms in total. The minimum Gasteiger partial charge on any atom is -0.543 e. The van der Waals surface area contributed by atoms with Gasteiger partial charge >= 0.3 is 0 Å². The monoisotopic (exact) mass is 193 g/mol. The highest BCUT2D eigenvalue weighted by molar-refractivity contribution is 5.87. The van der Waals surface area contributed by atoms with Gasteiger partial charge in [-0.05, 0) is 12.1 Å². The van der Waals surface area contributed by atoms with Crippen molar-refractivity contribution >= 4 is 11.9 Å². The Bertz CT molecular complexity index is 319. The van der Waals surface area contributed by atoms with Crippen LogP contribution in [0.4, 0.5) is 0 Å². The lowest BCUT2D eigenvalue weighted by atomic mass is 10.3. The van der Waals surface area contributed by atoms with Gasteiger partial charge in [-0.1, -0.05) is 6.07 Å². The van der Waals surface area contributed by atoms with Gasteiger partial charge in [0, 0.05) is 0 Å². The van der Waals surface area contributed by atoms with E-state index in [1.807, 2.05) is 0 Å². The average Bonchev–Trinajstić information content (AvgIpc) is 2.21. The molecule has 0 aliphatic rings. The summed E-state index contributed by atoms with van der Waals surface area (Å²) in [5.41, 5.74) is -0.839. The summed E-state index contributed by atoms with van der Waals surface area (Å²) in [7, 11) is 0. The fraction of sp³-hybridized carbons (Fsp3) is 0. The number of hydrogen-bond donors (Lipinski definition) is 0. The van der Waals surface area contributed by atoms with E-state index < -0.39 is 23.3 Å². The predicted molar refractivity (Wildman–Crippen MR) is 44.2 cm³/mol. The van der Waals surface area contributed by atoms with Crippen molar-refractivity contribution in [3.8, 4) is 0 Å². The normalized spacial score (nSPS) is 8.29. The number of hydrogen-bond acceptors (Lipinski definition) is 5. The fourth-order valence-corrected chi connectivity index (χ4v) is 0.662. The van der Waals surface area contributed by atoms with Crippen molar-refractivity contribution in [3.05, 3.63) is 42.7 Å². The van der Waals surface area contributed by atoms with Crippen LogP contribution in [-0.4, -0.2) is 16.9 Å². The van der Waals surface area contributed by atoms with Crippen molar-refractivity contribution in [2.45, 2.75) is 0 Å². The third-order valence-corrected chi connectivity index (χ3v) is 1.17. The highest BCUT2D eigenvalue weighted by Crippen LogP contribution is 1.96. The first-order valence-corrected chi connectivity index (χ1v) is 3.51. The summed E-state index contributed by atoms with van der Waals surface area (Å²) >= 11 is 0. The standard InChI is InChI=1S/C7H5NO4.C2H4/c9-6(10)4-2-1-3-5(8-4)7(11)12;1-2/h1-3H,(H,9,10)(H,11,12);1-2H2/p-2. The van der Waals surface area contributed by atoms with Gasteiger partial charge in [-0.2, -0.15) is 0 Å². The van der Waals surface area contributed by atoms with E-state index in [1.165, 1.54) is 6.07 Å². The smallest absolute Gasteiger partial charge is 0.0900 e. The third-order valence-electron chi connectivity index (χ3n) is 1.17. The van der Waals surface area contributed by atoms with E-state index in [4.69, 9.17) is 0 Å². The molecule has 0 fully saturated rings. The summed E-state index contributed by atoms with van der Waals surface area (Å²) < 4.78 is 0. The van der Waals surface area contributed by atoms with E-state index in [0.29, 0.717) is 0 Å². The molecule has 0 aliphatic carbocycles. The molecule has 0 radical (unpaired) electrons. The Balaban J connectivity index is 0.000000791. The van der Waals surface area contributed by atoms with Gasteiger partial charge < -0.3 is 19.8 Å². The molecule has 14 heavy (non-hydrogen) atoms. The van der Waals surface area contributed by atoms with E-state index in [1.54, 1.807) is 0 Å². The zero-order chi connectivity index (χ0) is 11.1. The van der Waals surface area contributed by atoms with E-state index >= 15 is 0 Å². The summed E-state index contributed by atoms with van der Waals surface area (Å²) in [4.78, 5) is 23.6. The maximum Gasteiger partial charge on any atom is 0.0900 e. The first-order valence-electron chi connectivity index (χ1n) is 3.51. The summed E-state index contributed by atoms with van der Waals surface area (Å²) in [6, 6.07) is 3.53. The van der Waals surface area contributed by atoms with Crippen LogP contribution in [0.5, 0.6) is 0 Å². The molecule has 0 atom stereocenters. The molecule has 0 aliphatic heterocycles. The first-order chi connectivity index (χ1) is 6.61. The largest absolute Gasteiger partial charge is 0.543 e. The van der Waals surface area contributed by atoms with Crippen LogP contribution in [0.1, 0.15) is 21.0 Å². The minimum atomic E-state index is -1.52. The lowest BCUT2D eigenvalue weighted by Gasteiger charge is -2.04. The van der Waals surface area contributed by atoms with Crippen LogP contribution in [0.25, 0.3) is 0 Å². The maximum absolute atomic E-state index is 10.2. The number of carbonyl (C=O) groups is 2. The van der Waals surface area contributed by atoms with Crippen LogP contribution in [0, 0.1) is 0 Å². The lowest BCUT2D eigenvalue weighted by molar-refractivity contribution is -0.255. The number of carboxylic acids is 2. The van der Waals surface area contributed by atoms with Crippen molar-refractivity contribution in [1.82, 2.24) is 4.98 Å². The predicted octanol–water partition coefficient (Wildman–Crippen LogP) is -1.39. The molecule has 0 N–H and O–H groups in total. The topological polar surface area (TPSA) is 93.1 Å². The molecule has 1 aromatic rings. The lowest BCUT2D eigenvalue weighted by Crippen LogP contribution is -2.27. The van der Waals surface area contributed by atoms with Crippen LogP contribution >= 0.6 is 0 Å². The molecular formula is C9H7NO4-2. The van der Waals surface area contributed by atoms with Crippen molar-refractivity contribution < 1.29 is 19.8 Å². The van der Waals surface area contributed by atoms with E-state index in [-0.39, 0.29) is 0 Å². The quantitative estimate of drug-likeness (QED) is 0.539. The zero-order valence-electron chi connectivity index (χ0n) is 7.23. The third kappa shape index (κ3) is 3.06. The van der Waals surface area contributed by atoms with Gasteiger partial charge in [0.15, 0.2) is 0 Å². The molecule has 0 amide bonds. The number of aromatic carboxylic acids is 2. The summed E-state index contributed by atoms with van der Waals surface area (Å²) in [6.45, 7) is 6.00. The Hall–Kier alpha value is -2.17.